The molecule has 0 spiro atoms. The molecule has 164 valence electrons. The number of unbranched alkanes of at least 4 members (excludes halogenated alkanes) is 1. The summed E-state index contributed by atoms with van der Waals surface area (Å²) in [6.45, 7) is 2.19. The van der Waals surface area contributed by atoms with E-state index in [4.69, 9.17) is 11.5 Å². The average Bonchev–Trinajstić information content (AvgIpc) is 3.39. The van der Waals surface area contributed by atoms with Crippen LogP contribution in [0.15, 0.2) is 36.8 Å². The van der Waals surface area contributed by atoms with Crippen LogP contribution in [0.2, 0.25) is 0 Å². The van der Waals surface area contributed by atoms with Crippen LogP contribution in [-0.2, 0) is 0 Å². The summed E-state index contributed by atoms with van der Waals surface area (Å²) in [6, 6.07) is 5.65. The fourth-order valence-corrected chi connectivity index (χ4v) is 4.20. The molecule has 4 aromatic rings. The van der Waals surface area contributed by atoms with Gasteiger partial charge in [0.05, 0.1) is 11.3 Å². The molecule has 1 saturated carbocycles. The summed E-state index contributed by atoms with van der Waals surface area (Å²) in [4.78, 5) is 8.15. The molecule has 1 aliphatic carbocycles. The number of rotatable bonds is 4. The average molecular weight is 423 g/mol. The Balaban J connectivity index is 0.000000180. The summed E-state index contributed by atoms with van der Waals surface area (Å²) in [5, 5.41) is 18.6. The lowest BCUT2D eigenvalue weighted by molar-refractivity contribution is -0.00549. The lowest BCUT2D eigenvalue weighted by Crippen LogP contribution is -2.30. The normalized spacial score (nSPS) is 15.7. The van der Waals surface area contributed by atoms with Gasteiger partial charge in [-0.05, 0) is 37.5 Å². The zero-order valence-electron chi connectivity index (χ0n) is 17.9. The van der Waals surface area contributed by atoms with Gasteiger partial charge in [-0.1, -0.05) is 39.0 Å². The largest absolute Gasteiger partial charge is 0.390 e. The maximum absolute atomic E-state index is 10.0. The fraction of sp³-hybridized carbons (Fsp3) is 0.455. The Kier molecular flexibility index (Phi) is 6.03. The molecule has 1 aliphatic rings. The predicted octanol–water partition coefficient (Wildman–Crippen LogP) is 3.48. The summed E-state index contributed by atoms with van der Waals surface area (Å²) in [5.74, 6) is 0.459. The van der Waals surface area contributed by atoms with Crippen LogP contribution in [0, 0.1) is 0 Å². The molecule has 0 amide bonds. The van der Waals surface area contributed by atoms with Gasteiger partial charge in [-0.25, -0.2) is 14.0 Å². The van der Waals surface area contributed by atoms with Gasteiger partial charge >= 0.3 is 0 Å². The first kappa shape index (κ1) is 21.0. The molecular weight excluding hydrogens is 392 g/mol. The third-order valence-electron chi connectivity index (χ3n) is 5.87. The van der Waals surface area contributed by atoms with Gasteiger partial charge in [0, 0.05) is 24.2 Å². The number of anilines is 2. The molecule has 1 fully saturated rings. The number of nitrogen functional groups attached to an aromatic ring is 2. The molecule has 0 bridgehead atoms. The predicted molar refractivity (Wildman–Crippen MR) is 121 cm³/mol. The third kappa shape index (κ3) is 4.61. The van der Waals surface area contributed by atoms with Crippen LogP contribution in [0.3, 0.4) is 0 Å². The van der Waals surface area contributed by atoms with Crippen LogP contribution in [0.5, 0.6) is 0 Å². The first-order valence-corrected chi connectivity index (χ1v) is 10.9. The summed E-state index contributed by atoms with van der Waals surface area (Å²) in [6.07, 6.45) is 14.6. The van der Waals surface area contributed by atoms with Gasteiger partial charge in [-0.15, -0.1) is 5.10 Å². The molecular formula is C22H30N8O. The zero-order chi connectivity index (χ0) is 21.8. The van der Waals surface area contributed by atoms with Crippen molar-refractivity contribution in [1.82, 2.24) is 29.2 Å². The van der Waals surface area contributed by atoms with E-state index in [0.717, 1.165) is 36.2 Å². The summed E-state index contributed by atoms with van der Waals surface area (Å²) in [5.41, 5.74) is 14.3. The highest BCUT2D eigenvalue weighted by molar-refractivity contribution is 5.86. The van der Waals surface area contributed by atoms with Gasteiger partial charge in [0.15, 0.2) is 11.5 Å². The lowest BCUT2D eigenvalue weighted by Gasteiger charge is -2.31. The molecule has 9 nitrogen and oxygen atoms in total. The highest BCUT2D eigenvalue weighted by atomic mass is 16.3. The Hall–Kier alpha value is -3.20. The maximum atomic E-state index is 10.0. The number of nitrogens with two attached hydrogens (primary N) is 2. The smallest absolute Gasteiger partial charge is 0.240 e. The van der Waals surface area contributed by atoms with Crippen molar-refractivity contribution in [3.63, 3.8) is 0 Å². The van der Waals surface area contributed by atoms with Crippen LogP contribution in [0.25, 0.3) is 22.4 Å². The minimum atomic E-state index is -0.270. The molecule has 0 radical (unpaired) electrons. The van der Waals surface area contributed by atoms with Gasteiger partial charge in [-0.3, -0.25) is 0 Å². The molecule has 4 aromatic heterocycles. The molecule has 31 heavy (non-hydrogen) atoms. The van der Waals surface area contributed by atoms with Crippen LogP contribution in [0.1, 0.15) is 58.3 Å². The van der Waals surface area contributed by atoms with Gasteiger partial charge < -0.3 is 16.6 Å². The highest BCUT2D eigenvalue weighted by Gasteiger charge is 2.27. The number of hydrogen-bond acceptors (Lipinski definition) is 7. The molecule has 5 N–H and O–H groups in total. The first-order chi connectivity index (χ1) is 15.0. The number of hydrogen-bond donors (Lipinski definition) is 3. The lowest BCUT2D eigenvalue weighted by atomic mass is 9.81. The van der Waals surface area contributed by atoms with Crippen molar-refractivity contribution < 1.29 is 5.11 Å². The van der Waals surface area contributed by atoms with Gasteiger partial charge in [0.2, 0.25) is 5.95 Å². The van der Waals surface area contributed by atoms with Crippen LogP contribution < -0.4 is 11.5 Å². The second-order valence-electron chi connectivity index (χ2n) is 8.21. The topological polar surface area (TPSA) is 133 Å². The van der Waals surface area contributed by atoms with Gasteiger partial charge in [0.1, 0.15) is 5.52 Å². The third-order valence-corrected chi connectivity index (χ3v) is 5.87. The number of aromatic nitrogens is 6. The molecule has 0 aliphatic heterocycles. The Labute approximate surface area is 181 Å². The van der Waals surface area contributed by atoms with Crippen LogP contribution >= 0.6 is 0 Å². The Morgan fingerprint density at radius 1 is 1.03 bits per heavy atom. The second kappa shape index (κ2) is 8.89. The summed E-state index contributed by atoms with van der Waals surface area (Å²) in [7, 11) is 0. The van der Waals surface area contributed by atoms with Crippen molar-refractivity contribution in [3.8, 4) is 11.3 Å². The van der Waals surface area contributed by atoms with Gasteiger partial charge in [0.25, 0.3) is 0 Å². The van der Waals surface area contributed by atoms with E-state index in [1.807, 2.05) is 18.2 Å². The number of imidazole rings is 1. The number of aliphatic hydroxyl groups is 1. The van der Waals surface area contributed by atoms with Crippen LogP contribution in [-0.4, -0.2) is 39.9 Å². The van der Waals surface area contributed by atoms with Crippen LogP contribution in [0.4, 0.5) is 11.8 Å². The molecule has 5 rings (SSSR count). The van der Waals surface area contributed by atoms with Crippen molar-refractivity contribution in [2.24, 2.45) is 0 Å². The summed E-state index contributed by atoms with van der Waals surface area (Å²) >= 11 is 0. The Morgan fingerprint density at radius 2 is 1.84 bits per heavy atom. The molecule has 0 saturated heterocycles. The molecule has 0 atom stereocenters. The van der Waals surface area contributed by atoms with Gasteiger partial charge in [-0.2, -0.15) is 10.1 Å². The first-order valence-electron chi connectivity index (χ1n) is 10.9. The van der Waals surface area contributed by atoms with E-state index >= 15 is 0 Å². The van der Waals surface area contributed by atoms with E-state index in [1.165, 1.54) is 32.1 Å². The Bertz CT molecular complexity index is 1160. The Morgan fingerprint density at radius 3 is 2.61 bits per heavy atom. The maximum Gasteiger partial charge on any atom is 0.240 e. The zero-order valence-corrected chi connectivity index (χ0v) is 17.9. The molecule has 0 aromatic carbocycles. The minimum Gasteiger partial charge on any atom is -0.390 e. The van der Waals surface area contributed by atoms with E-state index in [1.54, 1.807) is 27.6 Å². The standard InChI is InChI=1S/C12H10N8.C10H20O/c13-11-10-7(3-5-20(10)18-12(14)16-11)8-1-2-9-15-4-6-19(9)17-8;1-2-3-7-10(11)8-5-4-6-9-10/h1-6H,(H4,13,14,16,18);11H,2-9H2,1H3. The minimum absolute atomic E-state index is 0.134. The molecule has 0 unspecified atom stereocenters. The fourth-order valence-electron chi connectivity index (χ4n) is 4.20. The SMILES string of the molecule is CCCCC1(O)CCCCC1.Nc1nc(N)c2c(-c3ccc4nccn4n3)ccn2n1. The van der Waals surface area contributed by atoms with Crippen molar-refractivity contribution in [1.29, 1.82) is 0 Å². The number of nitrogens with zero attached hydrogens (tertiary/aromatic N) is 6. The quantitative estimate of drug-likeness (QED) is 0.458. The second-order valence-corrected chi connectivity index (χ2v) is 8.21. The molecule has 4 heterocycles. The molecule has 9 heteroatoms. The van der Waals surface area contributed by atoms with E-state index < -0.39 is 0 Å². The van der Waals surface area contributed by atoms with E-state index in [9.17, 15) is 5.11 Å². The summed E-state index contributed by atoms with van der Waals surface area (Å²) < 4.78 is 3.31. The number of fused-ring (bicyclic) bond motifs is 2. The van der Waals surface area contributed by atoms with Crippen molar-refractivity contribution >= 4 is 22.9 Å². The van der Waals surface area contributed by atoms with Crippen molar-refractivity contribution in [2.75, 3.05) is 11.5 Å². The highest BCUT2D eigenvalue weighted by Crippen LogP contribution is 2.32. The monoisotopic (exact) mass is 422 g/mol. The van der Waals surface area contributed by atoms with E-state index in [0.29, 0.717) is 11.3 Å². The van der Waals surface area contributed by atoms with E-state index in [-0.39, 0.29) is 11.5 Å². The van der Waals surface area contributed by atoms with Crippen molar-refractivity contribution in [2.45, 2.75) is 63.9 Å². The van der Waals surface area contributed by atoms with Crippen molar-refractivity contribution in [3.05, 3.63) is 36.8 Å². The van der Waals surface area contributed by atoms with E-state index in [2.05, 4.69) is 27.1 Å².